The SMILES string of the molecule is N#Cc1cc2ccc3cc(-c4ccc(-c5ccc6ccc7c(-c8cccc9ccccc89)ccc8ccc5c6c87)cc4)cc4c3c2c(c1)n4-c1ccccc1. The number of para-hydroxylation sites is 1. The Morgan fingerprint density at radius 1 is 0.345 bits per heavy atom. The van der Waals surface area contributed by atoms with Crippen molar-refractivity contribution in [2.75, 3.05) is 0 Å². The van der Waals surface area contributed by atoms with Crippen LogP contribution < -0.4 is 0 Å². The van der Waals surface area contributed by atoms with Crippen LogP contribution in [0.5, 0.6) is 0 Å². The summed E-state index contributed by atoms with van der Waals surface area (Å²) in [7, 11) is 0. The van der Waals surface area contributed by atoms with E-state index in [9.17, 15) is 5.26 Å². The number of aromatic nitrogens is 1. The largest absolute Gasteiger partial charge is 0.309 e. The summed E-state index contributed by atoms with van der Waals surface area (Å²) >= 11 is 0. The average molecular weight is 695 g/mol. The number of nitriles is 1. The molecule has 0 amide bonds. The zero-order chi connectivity index (χ0) is 36.2. The molecule has 252 valence electrons. The van der Waals surface area contributed by atoms with Gasteiger partial charge < -0.3 is 4.57 Å². The third kappa shape index (κ3) is 4.30. The van der Waals surface area contributed by atoms with Gasteiger partial charge >= 0.3 is 0 Å². The second-order valence-corrected chi connectivity index (χ2v) is 14.8. The van der Waals surface area contributed by atoms with E-state index in [1.54, 1.807) is 0 Å². The Balaban J connectivity index is 1.01. The molecular formula is C53H30N2. The molecule has 11 aromatic carbocycles. The van der Waals surface area contributed by atoms with Gasteiger partial charge in [-0.25, -0.2) is 0 Å². The fourth-order valence-electron chi connectivity index (χ4n) is 9.44. The first kappa shape index (κ1) is 30.0. The van der Waals surface area contributed by atoms with Crippen LogP contribution in [0.1, 0.15) is 5.56 Å². The second kappa shape index (κ2) is 11.3. The van der Waals surface area contributed by atoms with Crippen molar-refractivity contribution in [1.82, 2.24) is 4.57 Å². The summed E-state index contributed by atoms with van der Waals surface area (Å²) in [6.07, 6.45) is 0. The molecule has 1 heterocycles. The van der Waals surface area contributed by atoms with Gasteiger partial charge in [0, 0.05) is 16.5 Å². The van der Waals surface area contributed by atoms with Crippen molar-refractivity contribution in [1.29, 1.82) is 5.26 Å². The van der Waals surface area contributed by atoms with Gasteiger partial charge in [-0.2, -0.15) is 5.26 Å². The summed E-state index contributed by atoms with van der Waals surface area (Å²) in [5.41, 5.74) is 11.3. The third-order valence-electron chi connectivity index (χ3n) is 11.9. The Hall–Kier alpha value is -7.47. The smallest absolute Gasteiger partial charge is 0.0992 e. The lowest BCUT2D eigenvalue weighted by Gasteiger charge is -2.17. The predicted octanol–water partition coefficient (Wildman–Crippen LogP) is 14.3. The van der Waals surface area contributed by atoms with E-state index in [2.05, 4.69) is 174 Å². The molecule has 0 unspecified atom stereocenters. The molecule has 55 heavy (non-hydrogen) atoms. The number of benzene rings is 11. The number of fused-ring (bicyclic) bond motifs is 1. The molecule has 0 saturated heterocycles. The quantitative estimate of drug-likeness (QED) is 0.169. The predicted molar refractivity (Wildman–Crippen MR) is 232 cm³/mol. The van der Waals surface area contributed by atoms with Crippen LogP contribution in [0.15, 0.2) is 182 Å². The molecule has 0 atom stereocenters. The standard InChI is InChI=1S/C53H30N2/c54-31-32-27-38-17-18-39-29-40(30-49-53(39)52(38)48(28-32)55(49)41-9-2-1-3-10-41)33-13-15-35(16-14-33)43-23-19-36-22-26-47-45(24-20-37-21-25-46(43)50(36)51(37)47)44-12-6-8-34-7-4-5-11-42(34)44/h1-30H. The van der Waals surface area contributed by atoms with Gasteiger partial charge in [0.25, 0.3) is 0 Å². The van der Waals surface area contributed by atoms with E-state index in [1.807, 2.05) is 18.2 Å². The zero-order valence-corrected chi connectivity index (χ0v) is 29.7. The van der Waals surface area contributed by atoms with E-state index >= 15 is 0 Å². The first-order valence-corrected chi connectivity index (χ1v) is 18.8. The van der Waals surface area contributed by atoms with Crippen LogP contribution >= 0.6 is 0 Å². The number of hydrogen-bond donors (Lipinski definition) is 0. The van der Waals surface area contributed by atoms with Crippen LogP contribution in [-0.4, -0.2) is 4.57 Å². The fraction of sp³-hybridized carbons (Fsp3) is 0. The lowest BCUT2D eigenvalue weighted by atomic mass is 9.86. The van der Waals surface area contributed by atoms with Gasteiger partial charge in [0.2, 0.25) is 0 Å². The summed E-state index contributed by atoms with van der Waals surface area (Å²) in [4.78, 5) is 0. The molecule has 1 aromatic heterocycles. The molecule has 0 N–H and O–H groups in total. The van der Waals surface area contributed by atoms with Gasteiger partial charge in [-0.15, -0.1) is 0 Å². The monoisotopic (exact) mass is 694 g/mol. The van der Waals surface area contributed by atoms with E-state index in [0.29, 0.717) is 5.56 Å². The average Bonchev–Trinajstić information content (AvgIpc) is 3.59. The maximum atomic E-state index is 9.90. The highest BCUT2D eigenvalue weighted by Crippen LogP contribution is 2.45. The van der Waals surface area contributed by atoms with Crippen LogP contribution in [0.4, 0.5) is 0 Å². The molecule has 0 aliphatic rings. The van der Waals surface area contributed by atoms with Crippen LogP contribution in [-0.2, 0) is 0 Å². The van der Waals surface area contributed by atoms with Crippen molar-refractivity contribution < 1.29 is 0 Å². The first-order chi connectivity index (χ1) is 27.2. The summed E-state index contributed by atoms with van der Waals surface area (Å²) in [5.74, 6) is 0. The minimum atomic E-state index is 0.670. The van der Waals surface area contributed by atoms with Crippen molar-refractivity contribution in [3.63, 3.8) is 0 Å². The van der Waals surface area contributed by atoms with Crippen molar-refractivity contribution in [3.8, 4) is 45.1 Å². The van der Waals surface area contributed by atoms with Crippen LogP contribution in [0.3, 0.4) is 0 Å². The molecule has 0 radical (unpaired) electrons. The molecular weight excluding hydrogens is 665 g/mol. The van der Waals surface area contributed by atoms with Crippen molar-refractivity contribution in [2.24, 2.45) is 0 Å². The van der Waals surface area contributed by atoms with E-state index in [-0.39, 0.29) is 0 Å². The topological polar surface area (TPSA) is 28.7 Å². The van der Waals surface area contributed by atoms with E-state index in [4.69, 9.17) is 0 Å². The normalized spacial score (nSPS) is 12.0. The van der Waals surface area contributed by atoms with Gasteiger partial charge in [-0.3, -0.25) is 0 Å². The van der Waals surface area contributed by atoms with Gasteiger partial charge in [0.1, 0.15) is 0 Å². The first-order valence-electron chi connectivity index (χ1n) is 18.8. The van der Waals surface area contributed by atoms with Crippen molar-refractivity contribution >= 4 is 75.7 Å². The molecule has 12 aromatic rings. The van der Waals surface area contributed by atoms with Gasteiger partial charge in [0.15, 0.2) is 0 Å². The highest BCUT2D eigenvalue weighted by atomic mass is 15.0. The second-order valence-electron chi connectivity index (χ2n) is 14.8. The lowest BCUT2D eigenvalue weighted by molar-refractivity contribution is 1.18. The van der Waals surface area contributed by atoms with Gasteiger partial charge in [-0.1, -0.05) is 146 Å². The summed E-state index contributed by atoms with van der Waals surface area (Å²) in [5, 5.41) is 24.9. The number of rotatable bonds is 4. The van der Waals surface area contributed by atoms with E-state index in [0.717, 1.165) is 22.1 Å². The van der Waals surface area contributed by atoms with E-state index in [1.165, 1.54) is 92.6 Å². The molecule has 0 saturated carbocycles. The Morgan fingerprint density at radius 3 is 1.69 bits per heavy atom. The van der Waals surface area contributed by atoms with Crippen molar-refractivity contribution in [2.45, 2.75) is 0 Å². The summed E-state index contributed by atoms with van der Waals surface area (Å²) in [6, 6.07) is 68.7. The third-order valence-corrected chi connectivity index (χ3v) is 11.9. The molecule has 0 fully saturated rings. The molecule has 0 bridgehead atoms. The molecule has 0 aliphatic heterocycles. The summed E-state index contributed by atoms with van der Waals surface area (Å²) < 4.78 is 2.32. The number of nitrogens with zero attached hydrogens (tertiary/aromatic N) is 2. The molecule has 2 heteroatoms. The lowest BCUT2D eigenvalue weighted by Crippen LogP contribution is -1.94. The molecule has 0 spiro atoms. The zero-order valence-electron chi connectivity index (χ0n) is 29.7. The highest BCUT2D eigenvalue weighted by molar-refractivity contribution is 6.28. The maximum Gasteiger partial charge on any atom is 0.0992 e. The number of hydrogen-bond acceptors (Lipinski definition) is 1. The summed E-state index contributed by atoms with van der Waals surface area (Å²) in [6.45, 7) is 0. The maximum absolute atomic E-state index is 9.90. The Morgan fingerprint density at radius 2 is 0.927 bits per heavy atom. The molecule has 0 aliphatic carbocycles. The Labute approximate surface area is 317 Å². The minimum Gasteiger partial charge on any atom is -0.309 e. The minimum absolute atomic E-state index is 0.670. The van der Waals surface area contributed by atoms with Crippen LogP contribution in [0.2, 0.25) is 0 Å². The Bertz CT molecular complexity index is 3520. The van der Waals surface area contributed by atoms with Gasteiger partial charge in [-0.05, 0) is 124 Å². The highest BCUT2D eigenvalue weighted by Gasteiger charge is 2.20. The van der Waals surface area contributed by atoms with Crippen LogP contribution in [0.25, 0.3) is 115 Å². The van der Waals surface area contributed by atoms with E-state index < -0.39 is 0 Å². The Kier molecular flexibility index (Phi) is 6.15. The van der Waals surface area contributed by atoms with Gasteiger partial charge in [0.05, 0.1) is 22.7 Å². The van der Waals surface area contributed by atoms with Crippen LogP contribution in [0, 0.1) is 11.3 Å². The fourth-order valence-corrected chi connectivity index (χ4v) is 9.44. The molecule has 12 rings (SSSR count). The molecule has 2 nitrogen and oxygen atoms in total. The van der Waals surface area contributed by atoms with Crippen molar-refractivity contribution in [3.05, 3.63) is 188 Å².